The third kappa shape index (κ3) is 2.51. The number of amides is 1. The Morgan fingerprint density at radius 3 is 2.64 bits per heavy atom. The van der Waals surface area contributed by atoms with Crippen LogP contribution < -0.4 is 0 Å². The van der Waals surface area contributed by atoms with Gasteiger partial charge in [-0.15, -0.1) is 0 Å². The average molecular weight is 297 g/mol. The van der Waals surface area contributed by atoms with Gasteiger partial charge in [-0.25, -0.2) is 10.0 Å². The molecule has 0 aliphatic rings. The van der Waals surface area contributed by atoms with Crippen molar-refractivity contribution in [3.05, 3.63) is 48.0 Å². The molecule has 22 heavy (non-hydrogen) atoms. The molecule has 0 bridgehead atoms. The predicted molar refractivity (Wildman–Crippen MR) is 82.3 cm³/mol. The maximum Gasteiger partial charge on any atom is 0.277 e. The molecule has 1 heterocycles. The summed E-state index contributed by atoms with van der Waals surface area (Å²) in [6.07, 6.45) is 0. The molecule has 3 rings (SSSR count). The number of benzene rings is 2. The quantitative estimate of drug-likeness (QED) is 0.728. The molecule has 3 aromatic rings. The molecule has 0 atom stereocenters. The first-order chi connectivity index (χ1) is 10.6. The van der Waals surface area contributed by atoms with E-state index in [4.69, 9.17) is 4.84 Å². The van der Waals surface area contributed by atoms with Gasteiger partial charge in [-0.1, -0.05) is 0 Å². The molecule has 1 amide bonds. The van der Waals surface area contributed by atoms with Gasteiger partial charge >= 0.3 is 0 Å². The van der Waals surface area contributed by atoms with Crippen LogP contribution in [0.25, 0.3) is 22.4 Å². The number of aromatic hydroxyl groups is 1. The molecule has 0 saturated heterocycles. The number of nitrogens with zero attached hydrogens (tertiary/aromatic N) is 2. The third-order valence-electron chi connectivity index (χ3n) is 3.43. The van der Waals surface area contributed by atoms with Crippen molar-refractivity contribution in [2.75, 3.05) is 14.2 Å². The Hall–Kier alpha value is -2.86. The maximum absolute atomic E-state index is 12.1. The fourth-order valence-corrected chi connectivity index (χ4v) is 2.16. The Morgan fingerprint density at radius 1 is 1.23 bits per heavy atom. The van der Waals surface area contributed by atoms with E-state index < -0.39 is 0 Å². The number of phenols is 1. The van der Waals surface area contributed by atoms with Crippen LogP contribution in [0.5, 0.6) is 5.75 Å². The normalized spacial score (nSPS) is 10.8. The predicted octanol–water partition coefficient (Wildman–Crippen LogP) is 2.57. The number of hydroxylamine groups is 2. The van der Waals surface area contributed by atoms with Gasteiger partial charge in [0.1, 0.15) is 11.6 Å². The number of imidazole rings is 1. The molecule has 0 aliphatic carbocycles. The zero-order valence-electron chi connectivity index (χ0n) is 12.2. The van der Waals surface area contributed by atoms with Gasteiger partial charge in [-0.3, -0.25) is 9.63 Å². The summed E-state index contributed by atoms with van der Waals surface area (Å²) in [6, 6.07) is 12.0. The minimum Gasteiger partial charge on any atom is -0.508 e. The monoisotopic (exact) mass is 297 g/mol. The van der Waals surface area contributed by atoms with E-state index in [1.165, 1.54) is 12.2 Å². The largest absolute Gasteiger partial charge is 0.508 e. The van der Waals surface area contributed by atoms with Gasteiger partial charge in [0.15, 0.2) is 0 Å². The topological polar surface area (TPSA) is 78.4 Å². The number of fused-ring (bicyclic) bond motifs is 1. The fourth-order valence-electron chi connectivity index (χ4n) is 2.16. The van der Waals surface area contributed by atoms with Crippen LogP contribution in [-0.2, 0) is 4.84 Å². The highest BCUT2D eigenvalue weighted by Gasteiger charge is 2.13. The second-order valence-electron chi connectivity index (χ2n) is 4.85. The number of hydrogen-bond donors (Lipinski definition) is 2. The molecule has 0 saturated carbocycles. The lowest BCUT2D eigenvalue weighted by atomic mass is 10.2. The molecule has 0 spiro atoms. The molecule has 2 aromatic carbocycles. The zero-order valence-corrected chi connectivity index (χ0v) is 12.2. The number of carbonyl (C=O) groups is 1. The Morgan fingerprint density at radius 2 is 1.95 bits per heavy atom. The second-order valence-corrected chi connectivity index (χ2v) is 4.85. The highest BCUT2D eigenvalue weighted by molar-refractivity contribution is 5.97. The van der Waals surface area contributed by atoms with Crippen molar-refractivity contribution in [3.63, 3.8) is 0 Å². The molecule has 0 aliphatic heterocycles. The van der Waals surface area contributed by atoms with E-state index in [1.54, 1.807) is 49.5 Å². The summed E-state index contributed by atoms with van der Waals surface area (Å²) < 4.78 is 0. The molecule has 2 N–H and O–H groups in total. The molecule has 112 valence electrons. The molecule has 0 unspecified atom stereocenters. The van der Waals surface area contributed by atoms with Crippen molar-refractivity contribution in [2.45, 2.75) is 0 Å². The van der Waals surface area contributed by atoms with Gasteiger partial charge < -0.3 is 10.1 Å². The van der Waals surface area contributed by atoms with E-state index in [0.29, 0.717) is 11.4 Å². The van der Waals surface area contributed by atoms with E-state index in [9.17, 15) is 9.90 Å². The maximum atomic E-state index is 12.1. The molecular weight excluding hydrogens is 282 g/mol. The third-order valence-corrected chi connectivity index (χ3v) is 3.43. The van der Waals surface area contributed by atoms with Crippen LogP contribution in [0, 0.1) is 0 Å². The number of nitrogens with one attached hydrogen (secondary N) is 1. The van der Waals surface area contributed by atoms with Crippen molar-refractivity contribution >= 4 is 16.9 Å². The first kappa shape index (κ1) is 14.1. The van der Waals surface area contributed by atoms with Gasteiger partial charge in [0, 0.05) is 18.2 Å². The van der Waals surface area contributed by atoms with E-state index in [2.05, 4.69) is 9.97 Å². The number of aromatic nitrogens is 2. The van der Waals surface area contributed by atoms with Crippen molar-refractivity contribution < 1.29 is 14.7 Å². The molecule has 6 nitrogen and oxygen atoms in total. The van der Waals surface area contributed by atoms with Crippen LogP contribution in [0.4, 0.5) is 0 Å². The van der Waals surface area contributed by atoms with Crippen LogP contribution in [0.15, 0.2) is 42.5 Å². The number of H-pyrrole nitrogens is 1. The van der Waals surface area contributed by atoms with Crippen molar-refractivity contribution in [1.29, 1.82) is 0 Å². The Kier molecular flexibility index (Phi) is 3.52. The average Bonchev–Trinajstić information content (AvgIpc) is 2.97. The van der Waals surface area contributed by atoms with Gasteiger partial charge in [-0.2, -0.15) is 0 Å². The molecule has 6 heteroatoms. The lowest BCUT2D eigenvalue weighted by Gasteiger charge is -2.13. The van der Waals surface area contributed by atoms with Crippen LogP contribution >= 0.6 is 0 Å². The summed E-state index contributed by atoms with van der Waals surface area (Å²) in [5, 5.41) is 10.5. The van der Waals surface area contributed by atoms with Gasteiger partial charge in [0.05, 0.1) is 18.1 Å². The highest BCUT2D eigenvalue weighted by atomic mass is 16.7. The highest BCUT2D eigenvalue weighted by Crippen LogP contribution is 2.23. The van der Waals surface area contributed by atoms with E-state index in [-0.39, 0.29) is 11.7 Å². The number of rotatable bonds is 3. The number of carbonyl (C=O) groups excluding carboxylic acids is 1. The van der Waals surface area contributed by atoms with Crippen molar-refractivity contribution in [1.82, 2.24) is 15.0 Å². The fraction of sp³-hybridized carbons (Fsp3) is 0.125. The van der Waals surface area contributed by atoms with Crippen molar-refractivity contribution in [2.24, 2.45) is 0 Å². The zero-order chi connectivity index (χ0) is 15.7. The van der Waals surface area contributed by atoms with Gasteiger partial charge in [0.2, 0.25) is 0 Å². The first-order valence-electron chi connectivity index (χ1n) is 6.70. The number of phenolic OH excluding ortho intramolecular Hbond substituents is 1. The molecule has 1 aromatic heterocycles. The Labute approximate surface area is 126 Å². The minimum atomic E-state index is -0.231. The lowest BCUT2D eigenvalue weighted by Crippen LogP contribution is -2.25. The molecule has 0 fully saturated rings. The number of hydrogen-bond acceptors (Lipinski definition) is 4. The van der Waals surface area contributed by atoms with Crippen LogP contribution in [0.3, 0.4) is 0 Å². The minimum absolute atomic E-state index is 0.204. The second kappa shape index (κ2) is 5.50. The summed E-state index contributed by atoms with van der Waals surface area (Å²) >= 11 is 0. The summed E-state index contributed by atoms with van der Waals surface area (Å²) in [4.78, 5) is 24.6. The van der Waals surface area contributed by atoms with E-state index in [1.807, 2.05) is 0 Å². The van der Waals surface area contributed by atoms with Gasteiger partial charge in [0.25, 0.3) is 5.91 Å². The SMILES string of the molecule is CON(C)C(=O)c1ccc2nc(-c3ccc(O)cc3)[nH]c2c1. The number of aromatic amines is 1. The van der Waals surface area contributed by atoms with Crippen LogP contribution in [0.1, 0.15) is 10.4 Å². The standard InChI is InChI=1S/C16H15N3O3/c1-19(22-2)16(21)11-5-8-13-14(9-11)18-15(17-13)10-3-6-12(20)7-4-10/h3-9,20H,1-2H3,(H,17,18). The van der Waals surface area contributed by atoms with E-state index >= 15 is 0 Å². The first-order valence-corrected chi connectivity index (χ1v) is 6.70. The summed E-state index contributed by atoms with van der Waals surface area (Å²) in [7, 11) is 3.00. The van der Waals surface area contributed by atoms with Crippen molar-refractivity contribution in [3.8, 4) is 17.1 Å². The van der Waals surface area contributed by atoms with E-state index in [0.717, 1.165) is 16.6 Å². The molecular formula is C16H15N3O3. The summed E-state index contributed by atoms with van der Waals surface area (Å²) in [5.41, 5.74) is 2.90. The lowest BCUT2D eigenvalue weighted by molar-refractivity contribution is -0.0756. The Bertz CT molecular complexity index is 824. The summed E-state index contributed by atoms with van der Waals surface area (Å²) in [6.45, 7) is 0. The van der Waals surface area contributed by atoms with Crippen LogP contribution in [-0.4, -0.2) is 40.2 Å². The Balaban J connectivity index is 2.00. The van der Waals surface area contributed by atoms with Gasteiger partial charge in [-0.05, 0) is 42.5 Å². The smallest absolute Gasteiger partial charge is 0.277 e. The summed E-state index contributed by atoms with van der Waals surface area (Å²) in [5.74, 6) is 0.653. The molecule has 0 radical (unpaired) electrons. The van der Waals surface area contributed by atoms with Crippen LogP contribution in [0.2, 0.25) is 0 Å².